The zero-order valence-electron chi connectivity index (χ0n) is 14.6. The lowest BCUT2D eigenvalue weighted by atomic mass is 9.85. The first-order chi connectivity index (χ1) is 11.6. The van der Waals surface area contributed by atoms with Crippen molar-refractivity contribution in [3.05, 3.63) is 77.4 Å². The average molecular weight is 358 g/mol. The molecule has 0 N–H and O–H groups in total. The Hall–Kier alpha value is -2.10. The van der Waals surface area contributed by atoms with Gasteiger partial charge in [0.2, 0.25) is 0 Å². The van der Waals surface area contributed by atoms with Gasteiger partial charge in [0.15, 0.2) is 0 Å². The maximum absolute atomic E-state index is 12.3. The van der Waals surface area contributed by atoms with Gasteiger partial charge in [-0.2, -0.15) is 0 Å². The van der Waals surface area contributed by atoms with Crippen LogP contribution in [0.4, 0.5) is 0 Å². The standard InChI is InChI=1S/C21H23NO2.ClH/c1-22(2)19-14-13-17-10-6-7-11-18(17)21(19)24-20(23)15-12-16-8-4-3-5-9-16;/h3-12,15,19,21H,13-14H2,1-2H3;1H. The number of carbonyl (C=O) groups is 1. The molecule has 0 bridgehead atoms. The molecule has 4 heteroatoms. The highest BCUT2D eigenvalue weighted by Gasteiger charge is 2.33. The van der Waals surface area contributed by atoms with Crippen LogP contribution in [0.2, 0.25) is 0 Å². The molecule has 2 atom stereocenters. The lowest BCUT2D eigenvalue weighted by molar-refractivity contribution is -0.147. The number of hydrogen-bond acceptors (Lipinski definition) is 3. The number of benzene rings is 2. The van der Waals surface area contributed by atoms with E-state index in [-0.39, 0.29) is 30.5 Å². The van der Waals surface area contributed by atoms with Gasteiger partial charge < -0.3 is 9.64 Å². The Labute approximate surface area is 155 Å². The number of carbonyl (C=O) groups excluding carboxylic acids is 1. The fourth-order valence-corrected chi connectivity index (χ4v) is 3.27. The van der Waals surface area contributed by atoms with Crippen LogP contribution in [0.1, 0.15) is 29.2 Å². The van der Waals surface area contributed by atoms with Crippen molar-refractivity contribution in [2.75, 3.05) is 14.1 Å². The molecule has 2 aromatic rings. The second-order valence-electron chi connectivity index (χ2n) is 6.37. The molecule has 0 saturated carbocycles. The third-order valence-electron chi connectivity index (χ3n) is 4.54. The van der Waals surface area contributed by atoms with Gasteiger partial charge in [0.1, 0.15) is 6.10 Å². The maximum atomic E-state index is 12.3. The first kappa shape index (κ1) is 19.2. The topological polar surface area (TPSA) is 29.5 Å². The first-order valence-corrected chi connectivity index (χ1v) is 8.33. The summed E-state index contributed by atoms with van der Waals surface area (Å²) < 4.78 is 5.85. The van der Waals surface area contributed by atoms with E-state index in [4.69, 9.17) is 4.74 Å². The number of fused-ring (bicyclic) bond motifs is 1. The number of rotatable bonds is 4. The lowest BCUT2D eigenvalue weighted by Crippen LogP contribution is -2.39. The molecule has 132 valence electrons. The summed E-state index contributed by atoms with van der Waals surface area (Å²) in [6, 6.07) is 18.2. The number of esters is 1. The molecule has 0 saturated heterocycles. The summed E-state index contributed by atoms with van der Waals surface area (Å²) in [5, 5.41) is 0. The minimum atomic E-state index is -0.299. The van der Waals surface area contributed by atoms with Gasteiger partial charge in [-0.05, 0) is 49.7 Å². The average Bonchev–Trinajstić information content (AvgIpc) is 2.61. The van der Waals surface area contributed by atoms with Crippen molar-refractivity contribution in [2.45, 2.75) is 25.0 Å². The Bertz CT molecular complexity index is 728. The summed E-state index contributed by atoms with van der Waals surface area (Å²) in [6.45, 7) is 0. The van der Waals surface area contributed by atoms with E-state index in [1.807, 2.05) is 56.6 Å². The molecule has 2 aromatic carbocycles. The molecule has 0 heterocycles. The lowest BCUT2D eigenvalue weighted by Gasteiger charge is -2.36. The van der Waals surface area contributed by atoms with Gasteiger partial charge in [-0.15, -0.1) is 12.4 Å². The molecule has 3 nitrogen and oxygen atoms in total. The Balaban J connectivity index is 0.00000225. The molecule has 0 amide bonds. The second-order valence-corrected chi connectivity index (χ2v) is 6.37. The SMILES string of the molecule is CN(C)C1CCc2ccccc2C1OC(=O)C=Cc1ccccc1.Cl. The molecule has 1 aliphatic rings. The van der Waals surface area contributed by atoms with Crippen LogP contribution < -0.4 is 0 Å². The molecule has 2 unspecified atom stereocenters. The summed E-state index contributed by atoms with van der Waals surface area (Å²) in [4.78, 5) is 14.5. The minimum Gasteiger partial charge on any atom is -0.453 e. The Morgan fingerprint density at radius 2 is 1.76 bits per heavy atom. The van der Waals surface area contributed by atoms with E-state index in [2.05, 4.69) is 17.0 Å². The first-order valence-electron chi connectivity index (χ1n) is 8.33. The van der Waals surface area contributed by atoms with E-state index >= 15 is 0 Å². The smallest absolute Gasteiger partial charge is 0.331 e. The van der Waals surface area contributed by atoms with E-state index in [1.165, 1.54) is 11.6 Å². The molecule has 0 spiro atoms. The van der Waals surface area contributed by atoms with Crippen molar-refractivity contribution in [1.82, 2.24) is 4.90 Å². The Morgan fingerprint density at radius 1 is 1.08 bits per heavy atom. The number of aryl methyl sites for hydroxylation is 1. The van der Waals surface area contributed by atoms with Crippen molar-refractivity contribution in [2.24, 2.45) is 0 Å². The van der Waals surface area contributed by atoms with Crippen LogP contribution in [0.5, 0.6) is 0 Å². The van der Waals surface area contributed by atoms with Crippen LogP contribution >= 0.6 is 12.4 Å². The highest BCUT2D eigenvalue weighted by molar-refractivity contribution is 5.87. The highest BCUT2D eigenvalue weighted by atomic mass is 35.5. The van der Waals surface area contributed by atoms with Crippen molar-refractivity contribution in [3.63, 3.8) is 0 Å². The van der Waals surface area contributed by atoms with Gasteiger partial charge in [0.25, 0.3) is 0 Å². The Morgan fingerprint density at radius 3 is 2.48 bits per heavy atom. The molecule has 0 aliphatic heterocycles. The maximum Gasteiger partial charge on any atom is 0.331 e. The largest absolute Gasteiger partial charge is 0.453 e. The van der Waals surface area contributed by atoms with Crippen molar-refractivity contribution < 1.29 is 9.53 Å². The number of ether oxygens (including phenoxy) is 1. The van der Waals surface area contributed by atoms with Crippen LogP contribution in [0.3, 0.4) is 0 Å². The number of halogens is 1. The third kappa shape index (κ3) is 4.71. The zero-order valence-corrected chi connectivity index (χ0v) is 15.4. The summed E-state index contributed by atoms with van der Waals surface area (Å²) in [5.41, 5.74) is 3.40. The van der Waals surface area contributed by atoms with E-state index in [0.717, 1.165) is 24.0 Å². The van der Waals surface area contributed by atoms with Crippen molar-refractivity contribution in [3.8, 4) is 0 Å². The molecular weight excluding hydrogens is 334 g/mol. The summed E-state index contributed by atoms with van der Waals surface area (Å²) in [6.07, 6.45) is 5.09. The summed E-state index contributed by atoms with van der Waals surface area (Å²) in [7, 11) is 4.08. The summed E-state index contributed by atoms with van der Waals surface area (Å²) in [5.74, 6) is -0.299. The van der Waals surface area contributed by atoms with Gasteiger partial charge in [-0.3, -0.25) is 0 Å². The number of hydrogen-bond donors (Lipinski definition) is 0. The second kappa shape index (κ2) is 8.84. The van der Waals surface area contributed by atoms with Crippen LogP contribution in [0.15, 0.2) is 60.7 Å². The van der Waals surface area contributed by atoms with Gasteiger partial charge in [0, 0.05) is 6.08 Å². The molecule has 0 fully saturated rings. The van der Waals surface area contributed by atoms with Crippen molar-refractivity contribution in [1.29, 1.82) is 0 Å². The quantitative estimate of drug-likeness (QED) is 0.604. The van der Waals surface area contributed by atoms with Gasteiger partial charge in [-0.25, -0.2) is 4.79 Å². The van der Waals surface area contributed by atoms with Crippen molar-refractivity contribution >= 4 is 24.5 Å². The molecular formula is C21H24ClNO2. The van der Waals surface area contributed by atoms with Crippen LogP contribution in [0.25, 0.3) is 6.08 Å². The van der Waals surface area contributed by atoms with Gasteiger partial charge in [-0.1, -0.05) is 54.6 Å². The predicted octanol–water partition coefficient (Wildman–Crippen LogP) is 4.28. The van der Waals surface area contributed by atoms with E-state index in [9.17, 15) is 4.79 Å². The van der Waals surface area contributed by atoms with E-state index < -0.39 is 0 Å². The molecule has 1 aliphatic carbocycles. The van der Waals surface area contributed by atoms with Gasteiger partial charge in [0.05, 0.1) is 6.04 Å². The van der Waals surface area contributed by atoms with Crippen LogP contribution in [-0.2, 0) is 16.0 Å². The number of nitrogens with zero attached hydrogens (tertiary/aromatic N) is 1. The fourth-order valence-electron chi connectivity index (χ4n) is 3.27. The predicted molar refractivity (Wildman–Crippen MR) is 104 cm³/mol. The highest BCUT2D eigenvalue weighted by Crippen LogP contribution is 2.35. The molecule has 3 rings (SSSR count). The Kier molecular flexibility index (Phi) is 6.80. The third-order valence-corrected chi connectivity index (χ3v) is 4.54. The van der Waals surface area contributed by atoms with Crippen LogP contribution in [-0.4, -0.2) is 31.0 Å². The van der Waals surface area contributed by atoms with Crippen LogP contribution in [0, 0.1) is 0 Å². The zero-order chi connectivity index (χ0) is 16.9. The molecule has 0 aromatic heterocycles. The van der Waals surface area contributed by atoms with E-state index in [1.54, 1.807) is 6.08 Å². The molecule has 0 radical (unpaired) electrons. The number of likely N-dealkylation sites (N-methyl/N-ethyl adjacent to an activating group) is 1. The monoisotopic (exact) mass is 357 g/mol. The van der Waals surface area contributed by atoms with Gasteiger partial charge >= 0.3 is 5.97 Å². The van der Waals surface area contributed by atoms with E-state index in [0.29, 0.717) is 0 Å². The fraction of sp³-hybridized carbons (Fsp3) is 0.286. The molecule has 25 heavy (non-hydrogen) atoms. The minimum absolute atomic E-state index is 0. The summed E-state index contributed by atoms with van der Waals surface area (Å²) >= 11 is 0. The normalized spacial score (nSPS) is 19.3.